The van der Waals surface area contributed by atoms with E-state index in [1.54, 1.807) is 0 Å². The number of carboxylic acid groups (broad SMARTS) is 3. The Balaban J connectivity index is -0.000000114. The summed E-state index contributed by atoms with van der Waals surface area (Å²) >= 11 is 0. The van der Waals surface area contributed by atoms with Crippen molar-refractivity contribution in [3.8, 4) is 0 Å². The molecule has 16 heteroatoms. The number of aliphatic carboxylic acids is 3. The summed E-state index contributed by atoms with van der Waals surface area (Å²) in [7, 11) is 0. The summed E-state index contributed by atoms with van der Waals surface area (Å²) < 4.78 is 0. The van der Waals surface area contributed by atoms with Crippen molar-refractivity contribution in [1.29, 1.82) is 0 Å². The first-order valence-electron chi connectivity index (χ1n) is 6.44. The Kier molecular flexibility index (Phi) is 31.6. The number of aldehydes is 1. The maximum absolute atomic E-state index is 10.1. The van der Waals surface area contributed by atoms with Crippen molar-refractivity contribution in [3.05, 3.63) is 0 Å². The summed E-state index contributed by atoms with van der Waals surface area (Å²) in [5, 5.41) is 82.5. The minimum Gasteiger partial charge on any atom is -0.550 e. The number of carbonyl (C=O) groups is 4. The Bertz CT molecular complexity index is 460. The van der Waals surface area contributed by atoms with Crippen LogP contribution in [0.2, 0.25) is 0 Å². The van der Waals surface area contributed by atoms with Crippen LogP contribution in [-0.2, 0) is 19.2 Å². The van der Waals surface area contributed by atoms with Gasteiger partial charge in [0.05, 0.1) is 12.6 Å². The molecule has 0 amide bonds. The molecule has 0 saturated carbocycles. The van der Waals surface area contributed by atoms with Gasteiger partial charge in [-0.3, -0.25) is 0 Å². The third-order valence-corrected chi connectivity index (χ3v) is 2.67. The molecule has 4 atom stereocenters. The summed E-state index contributed by atoms with van der Waals surface area (Å²) in [4.78, 5) is 39.9. The van der Waals surface area contributed by atoms with E-state index in [0.29, 0.717) is 0 Å². The number of rotatable bonds is 10. The molecule has 0 fully saturated rings. The number of hydrogen-bond acceptors (Lipinski definition) is 13. The van der Waals surface area contributed by atoms with Crippen LogP contribution >= 0.6 is 0 Å². The van der Waals surface area contributed by atoms with E-state index >= 15 is 0 Å². The van der Waals surface area contributed by atoms with Gasteiger partial charge in [-0.15, -0.1) is 0 Å². The van der Waals surface area contributed by atoms with Gasteiger partial charge in [-0.2, -0.15) is 0 Å². The molecular weight excluding hydrogens is 469 g/mol. The molecule has 0 bridgehead atoms. The van der Waals surface area contributed by atoms with E-state index in [1.165, 1.54) is 0 Å². The molecule has 0 radical (unpaired) electrons. The zero-order valence-electron chi connectivity index (χ0n) is 15.5. The number of aliphatic hydroxyl groups is 6. The largest absolute Gasteiger partial charge is 1.00 e. The molecule has 0 unspecified atom stereocenters. The normalized spacial score (nSPS) is 14.1. The van der Waals surface area contributed by atoms with Crippen molar-refractivity contribution in [1.82, 2.24) is 0 Å². The van der Waals surface area contributed by atoms with Crippen LogP contribution in [0.3, 0.4) is 0 Å². The number of hydrogen-bond donors (Lipinski definition) is 6. The zero-order valence-corrected chi connectivity index (χ0v) is 24.9. The van der Waals surface area contributed by atoms with Crippen molar-refractivity contribution < 1.29 is 219 Å². The fraction of sp³-hybridized carbons (Fsp3) is 0.667. The predicted molar refractivity (Wildman–Crippen MR) is 66.4 cm³/mol. The minimum absolute atomic E-state index is 0. The molecule has 6 N–H and O–H groups in total. The second-order valence-electron chi connectivity index (χ2n) is 4.77. The topological polar surface area (TPSA) is 259 Å². The summed E-state index contributed by atoms with van der Waals surface area (Å²) in [6.07, 6.45) is -9.56. The Labute approximate surface area is 286 Å². The van der Waals surface area contributed by atoms with Gasteiger partial charge in [0.25, 0.3) is 0 Å². The molecule has 0 saturated heterocycles. The van der Waals surface area contributed by atoms with Gasteiger partial charge in [0.15, 0.2) is 6.29 Å². The number of carbonyl (C=O) groups excluding carboxylic acids is 4. The monoisotopic (exact) mass is 486 g/mol. The zero-order chi connectivity index (χ0) is 20.4. The van der Waals surface area contributed by atoms with Crippen LogP contribution in [0.25, 0.3) is 0 Å². The fourth-order valence-electron chi connectivity index (χ4n) is 1.30. The van der Waals surface area contributed by atoms with Gasteiger partial charge in [-0.05, 0) is 0 Å². The molecule has 0 aliphatic heterocycles. The summed E-state index contributed by atoms with van der Waals surface area (Å²) in [5.74, 6) is -5.98. The van der Waals surface area contributed by atoms with Gasteiger partial charge in [0, 0.05) is 24.8 Å². The minimum atomic E-state index is -2.97. The molecule has 0 spiro atoms. The molecule has 0 rings (SSSR count). The SMILES string of the molecule is O=C([O-])CC(O)(CC(=O)[O-])C(=O)[O-].O=C[C@H](O)[C@@H](O)[C@H](O)[C@H](O)CO.[K+].[K+].[K+]. The molecular formula is C12H17K3O13. The van der Waals surface area contributed by atoms with Gasteiger partial charge in [-0.1, -0.05) is 0 Å². The van der Waals surface area contributed by atoms with Crippen LogP contribution in [0, 0.1) is 0 Å². The third kappa shape index (κ3) is 18.3. The Morgan fingerprint density at radius 2 is 1.21 bits per heavy atom. The van der Waals surface area contributed by atoms with E-state index in [-0.39, 0.29) is 160 Å². The molecule has 0 heterocycles. The maximum Gasteiger partial charge on any atom is 1.00 e. The smallest absolute Gasteiger partial charge is 0.550 e. The van der Waals surface area contributed by atoms with E-state index in [2.05, 4.69) is 0 Å². The maximum atomic E-state index is 10.1. The van der Waals surface area contributed by atoms with Crippen molar-refractivity contribution in [2.75, 3.05) is 6.61 Å². The summed E-state index contributed by atoms with van der Waals surface area (Å²) in [6, 6.07) is 0. The van der Waals surface area contributed by atoms with E-state index in [4.69, 9.17) is 30.6 Å². The second kappa shape index (κ2) is 21.6. The third-order valence-electron chi connectivity index (χ3n) is 2.67. The molecule has 28 heavy (non-hydrogen) atoms. The molecule has 0 aromatic heterocycles. The molecule has 0 aliphatic rings. The van der Waals surface area contributed by atoms with Crippen molar-refractivity contribution in [2.24, 2.45) is 0 Å². The van der Waals surface area contributed by atoms with Crippen molar-refractivity contribution >= 4 is 24.2 Å². The number of aliphatic hydroxyl groups excluding tert-OH is 5. The van der Waals surface area contributed by atoms with Gasteiger partial charge in [0.1, 0.15) is 30.0 Å². The van der Waals surface area contributed by atoms with Crippen LogP contribution in [0.4, 0.5) is 0 Å². The standard InChI is InChI=1S/C6H8O7.C6H12O6.3K/c7-3(8)1-6(13,5(11)12)2-4(9)10;7-1-3(9)5(11)6(12)4(10)2-8;;;/h13H,1-2H2,(H,7,8)(H,9,10)(H,11,12);1,3-6,8-12H,2H2;;;/q;;3*+1/p-3/t;3-,4+,5+,6+;;;/m.0.../s1. The summed E-state index contributed by atoms with van der Waals surface area (Å²) in [6.45, 7) is -0.760. The molecule has 13 nitrogen and oxygen atoms in total. The first-order chi connectivity index (χ1) is 11.3. The van der Waals surface area contributed by atoms with E-state index in [0.717, 1.165) is 0 Å². The average molecular weight is 487 g/mol. The predicted octanol–water partition coefficient (Wildman–Crippen LogP) is -17.6. The van der Waals surface area contributed by atoms with Crippen molar-refractivity contribution in [2.45, 2.75) is 42.9 Å². The van der Waals surface area contributed by atoms with Gasteiger partial charge < -0.3 is 65.1 Å². The Morgan fingerprint density at radius 3 is 1.43 bits per heavy atom. The average Bonchev–Trinajstić information content (AvgIpc) is 2.50. The quantitative estimate of drug-likeness (QED) is 0.124. The molecule has 0 aliphatic carbocycles. The summed E-state index contributed by atoms with van der Waals surface area (Å²) in [5.41, 5.74) is -2.97. The van der Waals surface area contributed by atoms with Gasteiger partial charge in [-0.25, -0.2) is 0 Å². The van der Waals surface area contributed by atoms with E-state index in [9.17, 15) is 34.5 Å². The van der Waals surface area contributed by atoms with Crippen LogP contribution in [0.5, 0.6) is 0 Å². The molecule has 0 aromatic rings. The van der Waals surface area contributed by atoms with Crippen LogP contribution in [0.15, 0.2) is 0 Å². The Morgan fingerprint density at radius 1 is 0.857 bits per heavy atom. The number of carboxylic acids is 3. The van der Waals surface area contributed by atoms with Gasteiger partial charge >= 0.3 is 154 Å². The van der Waals surface area contributed by atoms with Crippen molar-refractivity contribution in [3.63, 3.8) is 0 Å². The first-order valence-corrected chi connectivity index (χ1v) is 6.44. The fourth-order valence-corrected chi connectivity index (χ4v) is 1.30. The van der Waals surface area contributed by atoms with E-state index < -0.39 is 67.4 Å². The van der Waals surface area contributed by atoms with Crippen LogP contribution in [0.1, 0.15) is 12.8 Å². The van der Waals surface area contributed by atoms with Crippen LogP contribution < -0.4 is 169 Å². The molecule has 146 valence electrons. The second-order valence-corrected chi connectivity index (χ2v) is 4.77. The van der Waals surface area contributed by atoms with Crippen LogP contribution in [-0.4, -0.2) is 91.5 Å². The first kappa shape index (κ1) is 41.0. The van der Waals surface area contributed by atoms with E-state index in [1.807, 2.05) is 0 Å². The van der Waals surface area contributed by atoms with Gasteiger partial charge in [0.2, 0.25) is 0 Å². The molecule has 0 aromatic carbocycles. The Hall–Kier alpha value is 2.75.